The van der Waals surface area contributed by atoms with Crippen LogP contribution >= 0.6 is 0 Å². The largest absolute Gasteiger partial charge is 0.392 e. The van der Waals surface area contributed by atoms with E-state index in [4.69, 9.17) is 5.26 Å². The zero-order chi connectivity index (χ0) is 16.8. The molecule has 1 aliphatic heterocycles. The predicted molar refractivity (Wildman–Crippen MR) is 89.0 cm³/mol. The molecule has 1 heterocycles. The Morgan fingerprint density at radius 3 is 2.70 bits per heavy atom. The summed E-state index contributed by atoms with van der Waals surface area (Å²) in [5.74, 6) is -0.0207. The highest BCUT2D eigenvalue weighted by molar-refractivity contribution is 5.94. The van der Waals surface area contributed by atoms with Gasteiger partial charge in [-0.05, 0) is 37.1 Å². The van der Waals surface area contributed by atoms with Crippen molar-refractivity contribution in [3.8, 4) is 6.07 Å². The maximum Gasteiger partial charge on any atom is 0.253 e. The standard InChI is InChI=1S/C18H25N3O2/c1-3-4-16(12-21-10-9-17(22)13-21)20(2)18(23)15-7-5-14(11-19)6-8-15/h5-8,16-17,22H,3-4,9-10,12-13H2,1-2H3. The van der Waals surface area contributed by atoms with Gasteiger partial charge in [0.05, 0.1) is 17.7 Å². The quantitative estimate of drug-likeness (QED) is 0.870. The molecule has 0 aliphatic carbocycles. The molecule has 1 amide bonds. The van der Waals surface area contributed by atoms with Crippen molar-refractivity contribution in [2.45, 2.75) is 38.3 Å². The predicted octanol–water partition coefficient (Wildman–Crippen LogP) is 1.87. The second-order valence-electron chi connectivity index (χ2n) is 6.25. The van der Waals surface area contributed by atoms with Gasteiger partial charge in [0.1, 0.15) is 0 Å². The lowest BCUT2D eigenvalue weighted by atomic mass is 10.1. The number of amides is 1. The number of likely N-dealkylation sites (N-methyl/N-ethyl adjacent to an activating group) is 1. The fourth-order valence-corrected chi connectivity index (χ4v) is 3.07. The van der Waals surface area contributed by atoms with E-state index in [0.717, 1.165) is 32.4 Å². The van der Waals surface area contributed by atoms with Crippen molar-refractivity contribution in [3.05, 3.63) is 35.4 Å². The summed E-state index contributed by atoms with van der Waals surface area (Å²) in [6.07, 6.45) is 2.51. The molecule has 1 aliphatic rings. The van der Waals surface area contributed by atoms with Crippen LogP contribution in [0.1, 0.15) is 42.1 Å². The molecule has 124 valence electrons. The molecule has 5 heteroatoms. The number of hydrogen-bond acceptors (Lipinski definition) is 4. The molecule has 0 radical (unpaired) electrons. The van der Waals surface area contributed by atoms with Gasteiger partial charge < -0.3 is 10.0 Å². The molecule has 2 rings (SSSR count). The van der Waals surface area contributed by atoms with Crippen molar-refractivity contribution in [3.63, 3.8) is 0 Å². The van der Waals surface area contributed by atoms with Crippen LogP contribution in [0.5, 0.6) is 0 Å². The number of aliphatic hydroxyl groups is 1. The van der Waals surface area contributed by atoms with Crippen molar-refractivity contribution in [2.75, 3.05) is 26.7 Å². The number of hydrogen-bond donors (Lipinski definition) is 1. The number of benzene rings is 1. The average molecular weight is 315 g/mol. The van der Waals surface area contributed by atoms with E-state index in [0.29, 0.717) is 17.7 Å². The van der Waals surface area contributed by atoms with Gasteiger partial charge >= 0.3 is 0 Å². The summed E-state index contributed by atoms with van der Waals surface area (Å²) in [6, 6.07) is 8.96. The summed E-state index contributed by atoms with van der Waals surface area (Å²) in [4.78, 5) is 16.7. The molecule has 1 N–H and O–H groups in total. The summed E-state index contributed by atoms with van der Waals surface area (Å²) in [5, 5.41) is 18.5. The Morgan fingerprint density at radius 2 is 2.17 bits per heavy atom. The summed E-state index contributed by atoms with van der Waals surface area (Å²) in [7, 11) is 1.84. The molecular weight excluding hydrogens is 290 g/mol. The minimum atomic E-state index is -0.239. The van der Waals surface area contributed by atoms with Crippen LogP contribution in [0.15, 0.2) is 24.3 Å². The topological polar surface area (TPSA) is 67.6 Å². The first-order chi connectivity index (χ1) is 11.0. The monoisotopic (exact) mass is 315 g/mol. The number of rotatable bonds is 6. The normalized spacial score (nSPS) is 19.3. The molecule has 1 aromatic rings. The third-order valence-electron chi connectivity index (χ3n) is 4.47. The van der Waals surface area contributed by atoms with Gasteiger partial charge in [-0.2, -0.15) is 5.26 Å². The minimum Gasteiger partial charge on any atom is -0.392 e. The highest BCUT2D eigenvalue weighted by Gasteiger charge is 2.26. The van der Waals surface area contributed by atoms with Crippen LogP contribution in [0.2, 0.25) is 0 Å². The van der Waals surface area contributed by atoms with Gasteiger partial charge in [0.2, 0.25) is 0 Å². The zero-order valence-electron chi connectivity index (χ0n) is 13.9. The van der Waals surface area contributed by atoms with E-state index < -0.39 is 0 Å². The Kier molecular flexibility index (Phi) is 6.14. The second kappa shape index (κ2) is 8.09. The van der Waals surface area contributed by atoms with Gasteiger partial charge in [-0.3, -0.25) is 9.69 Å². The zero-order valence-corrected chi connectivity index (χ0v) is 13.9. The van der Waals surface area contributed by atoms with E-state index in [2.05, 4.69) is 17.9 Å². The van der Waals surface area contributed by atoms with E-state index >= 15 is 0 Å². The molecule has 1 fully saturated rings. The van der Waals surface area contributed by atoms with Gasteiger partial charge in [-0.25, -0.2) is 0 Å². The number of carbonyl (C=O) groups excluding carboxylic acids is 1. The van der Waals surface area contributed by atoms with Crippen molar-refractivity contribution in [1.82, 2.24) is 9.80 Å². The average Bonchev–Trinajstić information content (AvgIpc) is 2.98. The Balaban J connectivity index is 2.04. The summed E-state index contributed by atoms with van der Waals surface area (Å²) >= 11 is 0. The molecular formula is C18H25N3O2. The van der Waals surface area contributed by atoms with E-state index in [-0.39, 0.29) is 18.1 Å². The van der Waals surface area contributed by atoms with Crippen LogP contribution in [-0.2, 0) is 0 Å². The Bertz CT molecular complexity index is 565. The van der Waals surface area contributed by atoms with Gasteiger partial charge in [-0.15, -0.1) is 0 Å². The van der Waals surface area contributed by atoms with E-state index in [9.17, 15) is 9.90 Å². The van der Waals surface area contributed by atoms with Crippen LogP contribution in [0, 0.1) is 11.3 Å². The van der Waals surface area contributed by atoms with Crippen LogP contribution in [-0.4, -0.2) is 59.6 Å². The fraction of sp³-hybridized carbons (Fsp3) is 0.556. The minimum absolute atomic E-state index is 0.0207. The third-order valence-corrected chi connectivity index (χ3v) is 4.47. The first-order valence-corrected chi connectivity index (χ1v) is 8.23. The van der Waals surface area contributed by atoms with Crippen molar-refractivity contribution in [1.29, 1.82) is 5.26 Å². The lowest BCUT2D eigenvalue weighted by molar-refractivity contribution is 0.0680. The first kappa shape index (κ1) is 17.5. The van der Waals surface area contributed by atoms with Crippen LogP contribution in [0.4, 0.5) is 0 Å². The molecule has 0 aromatic heterocycles. The van der Waals surface area contributed by atoms with Gasteiger partial charge in [0, 0.05) is 38.3 Å². The van der Waals surface area contributed by atoms with Crippen LogP contribution < -0.4 is 0 Å². The second-order valence-corrected chi connectivity index (χ2v) is 6.25. The maximum absolute atomic E-state index is 12.7. The van der Waals surface area contributed by atoms with Crippen molar-refractivity contribution >= 4 is 5.91 Å². The van der Waals surface area contributed by atoms with Crippen LogP contribution in [0.25, 0.3) is 0 Å². The number of carbonyl (C=O) groups is 1. The van der Waals surface area contributed by atoms with Crippen molar-refractivity contribution < 1.29 is 9.90 Å². The number of likely N-dealkylation sites (tertiary alicyclic amines) is 1. The number of nitriles is 1. The molecule has 1 aromatic carbocycles. The van der Waals surface area contributed by atoms with Crippen molar-refractivity contribution in [2.24, 2.45) is 0 Å². The molecule has 0 bridgehead atoms. The molecule has 5 nitrogen and oxygen atoms in total. The highest BCUT2D eigenvalue weighted by atomic mass is 16.3. The lowest BCUT2D eigenvalue weighted by Crippen LogP contribution is -2.44. The SMILES string of the molecule is CCCC(CN1CCC(O)C1)N(C)C(=O)c1ccc(C#N)cc1. The Morgan fingerprint density at radius 1 is 1.48 bits per heavy atom. The molecule has 1 saturated heterocycles. The van der Waals surface area contributed by atoms with E-state index in [1.807, 2.05) is 7.05 Å². The van der Waals surface area contributed by atoms with Gasteiger partial charge in [0.25, 0.3) is 5.91 Å². The number of nitrogens with zero attached hydrogens (tertiary/aromatic N) is 3. The molecule has 2 unspecified atom stereocenters. The van der Waals surface area contributed by atoms with E-state index in [1.165, 1.54) is 0 Å². The Labute approximate surface area is 138 Å². The molecule has 0 spiro atoms. The molecule has 0 saturated carbocycles. The smallest absolute Gasteiger partial charge is 0.253 e. The van der Waals surface area contributed by atoms with Gasteiger partial charge in [0.15, 0.2) is 0 Å². The van der Waals surface area contributed by atoms with E-state index in [1.54, 1.807) is 29.2 Å². The van der Waals surface area contributed by atoms with Crippen LogP contribution in [0.3, 0.4) is 0 Å². The summed E-state index contributed by atoms with van der Waals surface area (Å²) < 4.78 is 0. The van der Waals surface area contributed by atoms with Gasteiger partial charge in [-0.1, -0.05) is 13.3 Å². The third kappa shape index (κ3) is 4.54. The highest BCUT2D eigenvalue weighted by Crippen LogP contribution is 2.16. The molecule has 23 heavy (non-hydrogen) atoms. The summed E-state index contributed by atoms with van der Waals surface area (Å²) in [5.41, 5.74) is 1.16. The first-order valence-electron chi connectivity index (χ1n) is 8.23. The Hall–Kier alpha value is -1.90. The number of β-amino-alcohol motifs (C(OH)–C–C–N with tert-alkyl or cyclic N) is 1. The summed E-state index contributed by atoms with van der Waals surface area (Å²) in [6.45, 7) is 4.49. The molecule has 2 atom stereocenters. The lowest BCUT2D eigenvalue weighted by Gasteiger charge is -2.31. The maximum atomic E-state index is 12.7. The number of aliphatic hydroxyl groups excluding tert-OH is 1. The fourth-order valence-electron chi connectivity index (χ4n) is 3.07.